The molecule has 1 fully saturated rings. The van der Waals surface area contributed by atoms with Crippen molar-refractivity contribution in [3.63, 3.8) is 0 Å². The molecule has 0 aromatic heterocycles. The molecule has 0 radical (unpaired) electrons. The highest BCUT2D eigenvalue weighted by Gasteiger charge is 2.33. The molecule has 28 heavy (non-hydrogen) atoms. The molecular formula is C21H36IN3O3. The first-order valence-corrected chi connectivity index (χ1v) is 9.86. The number of methoxy groups -OCH3 is 2. The predicted octanol–water partition coefficient (Wildman–Crippen LogP) is 3.59. The van der Waals surface area contributed by atoms with Crippen LogP contribution in [0.4, 0.5) is 0 Å². The molecule has 1 aromatic rings. The highest BCUT2D eigenvalue weighted by molar-refractivity contribution is 14.0. The Morgan fingerprint density at radius 2 is 1.86 bits per heavy atom. The van der Waals surface area contributed by atoms with E-state index >= 15 is 0 Å². The number of halogens is 1. The van der Waals surface area contributed by atoms with Gasteiger partial charge in [0.25, 0.3) is 0 Å². The van der Waals surface area contributed by atoms with E-state index in [2.05, 4.69) is 15.6 Å². The summed E-state index contributed by atoms with van der Waals surface area (Å²) in [5.41, 5.74) is 1.40. The van der Waals surface area contributed by atoms with E-state index in [4.69, 9.17) is 14.2 Å². The van der Waals surface area contributed by atoms with Crippen molar-refractivity contribution in [1.82, 2.24) is 10.6 Å². The summed E-state index contributed by atoms with van der Waals surface area (Å²) >= 11 is 0. The number of benzene rings is 1. The standard InChI is InChI=1S/C21H35N3O3.HI/c1-22-20(24-17-21(12-14-25-2)10-6-7-11-21)23-13-15-27-16-18-8-4-5-9-19(18)26-3;/h4-5,8-9H,6-7,10-17H2,1-3H3,(H2,22,23,24);1H. The monoisotopic (exact) mass is 505 g/mol. The van der Waals surface area contributed by atoms with E-state index in [0.29, 0.717) is 25.2 Å². The van der Waals surface area contributed by atoms with Gasteiger partial charge < -0.3 is 24.8 Å². The van der Waals surface area contributed by atoms with Crippen molar-refractivity contribution >= 4 is 29.9 Å². The minimum atomic E-state index is 0. The van der Waals surface area contributed by atoms with Crippen LogP contribution in [-0.2, 0) is 16.1 Å². The highest BCUT2D eigenvalue weighted by Crippen LogP contribution is 2.40. The zero-order valence-corrected chi connectivity index (χ0v) is 19.8. The van der Waals surface area contributed by atoms with Crippen LogP contribution in [0.15, 0.2) is 29.3 Å². The van der Waals surface area contributed by atoms with Gasteiger partial charge in [-0.1, -0.05) is 31.0 Å². The molecule has 2 rings (SSSR count). The fourth-order valence-electron chi connectivity index (χ4n) is 3.70. The van der Waals surface area contributed by atoms with Crippen LogP contribution in [-0.4, -0.2) is 53.5 Å². The second-order valence-electron chi connectivity index (χ2n) is 7.17. The molecule has 1 aliphatic carbocycles. The van der Waals surface area contributed by atoms with E-state index in [1.54, 1.807) is 14.2 Å². The van der Waals surface area contributed by atoms with Gasteiger partial charge in [-0.2, -0.15) is 0 Å². The first-order chi connectivity index (χ1) is 13.2. The van der Waals surface area contributed by atoms with Gasteiger partial charge in [0.2, 0.25) is 0 Å². The van der Waals surface area contributed by atoms with Gasteiger partial charge in [0, 0.05) is 39.4 Å². The van der Waals surface area contributed by atoms with Crippen LogP contribution in [0, 0.1) is 5.41 Å². The Morgan fingerprint density at radius 3 is 2.54 bits per heavy atom. The summed E-state index contributed by atoms with van der Waals surface area (Å²) in [7, 11) is 5.27. The third-order valence-corrected chi connectivity index (χ3v) is 5.34. The quantitative estimate of drug-likeness (QED) is 0.208. The fraction of sp³-hybridized carbons (Fsp3) is 0.667. The molecule has 0 bridgehead atoms. The molecule has 160 valence electrons. The van der Waals surface area contributed by atoms with Gasteiger partial charge in [-0.3, -0.25) is 4.99 Å². The third-order valence-electron chi connectivity index (χ3n) is 5.34. The highest BCUT2D eigenvalue weighted by atomic mass is 127. The molecule has 0 amide bonds. The average molecular weight is 505 g/mol. The summed E-state index contributed by atoms with van der Waals surface area (Å²) < 4.78 is 16.4. The Bertz CT molecular complexity index is 578. The first kappa shape index (κ1) is 25.0. The van der Waals surface area contributed by atoms with Crippen molar-refractivity contribution in [3.8, 4) is 5.75 Å². The molecule has 2 N–H and O–H groups in total. The van der Waals surface area contributed by atoms with Gasteiger partial charge in [0.1, 0.15) is 5.75 Å². The fourth-order valence-corrected chi connectivity index (χ4v) is 3.70. The van der Waals surface area contributed by atoms with Crippen molar-refractivity contribution in [1.29, 1.82) is 0 Å². The SMILES string of the molecule is CN=C(NCCOCc1ccccc1OC)NCC1(CCOC)CCCC1.I. The van der Waals surface area contributed by atoms with Crippen LogP contribution >= 0.6 is 24.0 Å². The Morgan fingerprint density at radius 1 is 1.11 bits per heavy atom. The zero-order valence-electron chi connectivity index (χ0n) is 17.5. The maximum Gasteiger partial charge on any atom is 0.191 e. The molecule has 7 heteroatoms. The van der Waals surface area contributed by atoms with Gasteiger partial charge in [-0.25, -0.2) is 0 Å². The Labute approximate surface area is 186 Å². The van der Waals surface area contributed by atoms with Crippen molar-refractivity contribution in [3.05, 3.63) is 29.8 Å². The molecule has 0 aliphatic heterocycles. The van der Waals surface area contributed by atoms with Crippen LogP contribution in [0.5, 0.6) is 5.75 Å². The maximum atomic E-state index is 5.77. The molecule has 0 unspecified atom stereocenters. The number of aliphatic imine (C=N–C) groups is 1. The lowest BCUT2D eigenvalue weighted by molar-refractivity contribution is 0.123. The largest absolute Gasteiger partial charge is 0.496 e. The molecule has 0 atom stereocenters. The van der Waals surface area contributed by atoms with E-state index < -0.39 is 0 Å². The summed E-state index contributed by atoms with van der Waals surface area (Å²) in [5.74, 6) is 1.69. The van der Waals surface area contributed by atoms with Gasteiger partial charge in [-0.05, 0) is 30.7 Å². The minimum absolute atomic E-state index is 0. The second-order valence-corrected chi connectivity index (χ2v) is 7.17. The van der Waals surface area contributed by atoms with Crippen molar-refractivity contribution in [2.75, 3.05) is 47.6 Å². The molecule has 1 saturated carbocycles. The van der Waals surface area contributed by atoms with E-state index in [0.717, 1.165) is 36.8 Å². The maximum absolute atomic E-state index is 5.77. The molecule has 0 heterocycles. The van der Waals surface area contributed by atoms with Gasteiger partial charge >= 0.3 is 0 Å². The Balaban J connectivity index is 0.00000392. The topological polar surface area (TPSA) is 64.1 Å². The predicted molar refractivity (Wildman–Crippen MR) is 125 cm³/mol. The van der Waals surface area contributed by atoms with E-state index in [1.165, 1.54) is 25.7 Å². The Hall–Kier alpha value is -1.06. The van der Waals surface area contributed by atoms with Crippen LogP contribution < -0.4 is 15.4 Å². The molecule has 0 saturated heterocycles. The number of hydrogen-bond acceptors (Lipinski definition) is 4. The number of hydrogen-bond donors (Lipinski definition) is 2. The van der Waals surface area contributed by atoms with Crippen LogP contribution in [0.1, 0.15) is 37.7 Å². The summed E-state index contributed by atoms with van der Waals surface area (Å²) in [5, 5.41) is 6.83. The van der Waals surface area contributed by atoms with Gasteiger partial charge in [0.15, 0.2) is 5.96 Å². The number of nitrogens with one attached hydrogen (secondary N) is 2. The molecule has 0 spiro atoms. The number of guanidine groups is 1. The van der Waals surface area contributed by atoms with Gasteiger partial charge in [0.05, 0.1) is 20.3 Å². The molecule has 1 aromatic carbocycles. The minimum Gasteiger partial charge on any atom is -0.496 e. The lowest BCUT2D eigenvalue weighted by Gasteiger charge is -2.29. The summed E-state index contributed by atoms with van der Waals surface area (Å²) in [6, 6.07) is 7.93. The lowest BCUT2D eigenvalue weighted by atomic mass is 9.83. The van der Waals surface area contributed by atoms with Crippen LogP contribution in [0.2, 0.25) is 0 Å². The van der Waals surface area contributed by atoms with Crippen molar-refractivity contribution in [2.24, 2.45) is 10.4 Å². The summed E-state index contributed by atoms with van der Waals surface area (Å²) in [4.78, 5) is 4.33. The number of para-hydroxylation sites is 1. The van der Waals surface area contributed by atoms with E-state index in [1.807, 2.05) is 31.3 Å². The number of ether oxygens (including phenoxy) is 3. The second kappa shape index (κ2) is 14.0. The van der Waals surface area contributed by atoms with Gasteiger partial charge in [-0.15, -0.1) is 24.0 Å². The molecule has 6 nitrogen and oxygen atoms in total. The molecular weight excluding hydrogens is 469 g/mol. The van der Waals surface area contributed by atoms with Crippen molar-refractivity contribution in [2.45, 2.75) is 38.7 Å². The first-order valence-electron chi connectivity index (χ1n) is 9.86. The number of nitrogens with zero attached hydrogens (tertiary/aromatic N) is 1. The van der Waals surface area contributed by atoms with Crippen LogP contribution in [0.3, 0.4) is 0 Å². The average Bonchev–Trinajstić information content (AvgIpc) is 3.18. The normalized spacial score (nSPS) is 15.8. The molecule has 1 aliphatic rings. The lowest BCUT2D eigenvalue weighted by Crippen LogP contribution is -2.44. The van der Waals surface area contributed by atoms with E-state index in [9.17, 15) is 0 Å². The Kier molecular flexibility index (Phi) is 12.5. The van der Waals surface area contributed by atoms with E-state index in [-0.39, 0.29) is 24.0 Å². The smallest absolute Gasteiger partial charge is 0.191 e. The third kappa shape index (κ3) is 8.13. The van der Waals surface area contributed by atoms with Crippen LogP contribution in [0.25, 0.3) is 0 Å². The zero-order chi connectivity index (χ0) is 19.4. The van der Waals surface area contributed by atoms with Crippen molar-refractivity contribution < 1.29 is 14.2 Å². The number of rotatable bonds is 11. The summed E-state index contributed by atoms with van der Waals surface area (Å²) in [6.45, 7) is 3.62. The summed E-state index contributed by atoms with van der Waals surface area (Å²) in [6.07, 6.45) is 6.27.